The van der Waals surface area contributed by atoms with E-state index in [-0.39, 0.29) is 6.04 Å². The van der Waals surface area contributed by atoms with Gasteiger partial charge in [-0.25, -0.2) is 23.5 Å². The van der Waals surface area contributed by atoms with E-state index < -0.39 is 11.0 Å². The van der Waals surface area contributed by atoms with Crippen molar-refractivity contribution in [3.8, 4) is 11.4 Å². The quantitative estimate of drug-likeness (QED) is 0.621. The molecule has 6 rings (SSSR count). The fraction of sp³-hybridized carbons (Fsp3) is 0.565. The SMILES string of the molecule is Cc1nc2c(n1C1CC1)-c1nc(NC3CCN(S(=O)c4cnn(C)c4)CC3C)ncc1CC2. The molecule has 3 aromatic rings. The summed E-state index contributed by atoms with van der Waals surface area (Å²) in [5, 5.41) is 7.75. The molecule has 4 heterocycles. The molecule has 1 N–H and O–H groups in total. The minimum atomic E-state index is -1.18. The minimum absolute atomic E-state index is 0.239. The van der Waals surface area contributed by atoms with Gasteiger partial charge in [0.2, 0.25) is 5.95 Å². The number of fused-ring (bicyclic) bond motifs is 3. The Morgan fingerprint density at radius 1 is 1.15 bits per heavy atom. The van der Waals surface area contributed by atoms with Gasteiger partial charge in [0.1, 0.15) is 16.8 Å². The average Bonchev–Trinajstić information content (AvgIpc) is 3.45. The third kappa shape index (κ3) is 3.78. The van der Waals surface area contributed by atoms with Crippen LogP contribution in [0.1, 0.15) is 49.3 Å². The number of aryl methyl sites for hydroxylation is 4. The van der Waals surface area contributed by atoms with Crippen LogP contribution in [0.4, 0.5) is 5.95 Å². The van der Waals surface area contributed by atoms with Gasteiger partial charge in [-0.3, -0.25) is 4.68 Å². The maximum Gasteiger partial charge on any atom is 0.223 e. The van der Waals surface area contributed by atoms with Gasteiger partial charge in [-0.15, -0.1) is 0 Å². The standard InChI is InChI=1S/C23H30N8OS/c1-14-12-30(33(32)18-11-25-29(3)13-18)9-8-19(14)27-23-24-10-16-4-7-20-22(21(16)28-23)31(15(2)26-20)17-5-6-17/h10-11,13-14,17,19H,4-9,12H2,1-3H3,(H,24,27,28). The predicted octanol–water partition coefficient (Wildman–Crippen LogP) is 2.66. The first-order valence-electron chi connectivity index (χ1n) is 11.8. The van der Waals surface area contributed by atoms with E-state index in [1.807, 2.05) is 23.7 Å². The maximum absolute atomic E-state index is 12.9. The highest BCUT2D eigenvalue weighted by Gasteiger charge is 2.34. The van der Waals surface area contributed by atoms with Crippen molar-refractivity contribution in [2.75, 3.05) is 18.4 Å². The van der Waals surface area contributed by atoms with Gasteiger partial charge in [-0.1, -0.05) is 6.92 Å². The highest BCUT2D eigenvalue weighted by molar-refractivity contribution is 7.82. The van der Waals surface area contributed by atoms with Gasteiger partial charge in [0.05, 0.1) is 28.2 Å². The summed E-state index contributed by atoms with van der Waals surface area (Å²) in [6, 6.07) is 0.812. The van der Waals surface area contributed by atoms with Crippen molar-refractivity contribution in [3.05, 3.63) is 35.7 Å². The first-order valence-corrected chi connectivity index (χ1v) is 12.9. The van der Waals surface area contributed by atoms with E-state index in [1.54, 1.807) is 10.9 Å². The molecule has 0 radical (unpaired) electrons. The van der Waals surface area contributed by atoms with Crippen molar-refractivity contribution in [2.24, 2.45) is 13.0 Å². The van der Waals surface area contributed by atoms with E-state index >= 15 is 0 Å². The second kappa shape index (κ2) is 8.02. The number of aromatic nitrogens is 6. The summed E-state index contributed by atoms with van der Waals surface area (Å²) in [7, 11) is 0.672. The van der Waals surface area contributed by atoms with Gasteiger partial charge in [-0.05, 0) is 50.5 Å². The highest BCUT2D eigenvalue weighted by Crippen LogP contribution is 2.43. The summed E-state index contributed by atoms with van der Waals surface area (Å²) >= 11 is 0. The second-order valence-corrected chi connectivity index (χ2v) is 11.1. The highest BCUT2D eigenvalue weighted by atomic mass is 32.2. The molecule has 3 unspecified atom stereocenters. The van der Waals surface area contributed by atoms with Crippen molar-refractivity contribution >= 4 is 16.9 Å². The Hall–Kier alpha value is -2.59. The first-order chi connectivity index (χ1) is 16.0. The molecule has 3 aromatic heterocycles. The molecular weight excluding hydrogens is 436 g/mol. The Morgan fingerprint density at radius 2 is 2.00 bits per heavy atom. The van der Waals surface area contributed by atoms with Crippen molar-refractivity contribution < 1.29 is 4.21 Å². The lowest BCUT2D eigenvalue weighted by Gasteiger charge is -2.36. The van der Waals surface area contributed by atoms with E-state index in [0.717, 1.165) is 48.8 Å². The molecule has 3 aliphatic rings. The second-order valence-electron chi connectivity index (χ2n) is 9.63. The zero-order chi connectivity index (χ0) is 22.7. The van der Waals surface area contributed by atoms with Crippen molar-refractivity contribution in [1.29, 1.82) is 0 Å². The lowest BCUT2D eigenvalue weighted by molar-refractivity contribution is 0.270. The normalized spacial score (nSPS) is 23.7. The number of hydrogen-bond acceptors (Lipinski definition) is 6. The largest absolute Gasteiger partial charge is 0.351 e. The number of rotatable bonds is 5. The molecular formula is C23H30N8OS. The van der Waals surface area contributed by atoms with E-state index in [9.17, 15) is 4.21 Å². The number of imidazole rings is 1. The first kappa shape index (κ1) is 21.0. The molecule has 0 amide bonds. The van der Waals surface area contributed by atoms with E-state index in [2.05, 4.69) is 33.8 Å². The van der Waals surface area contributed by atoms with Crippen LogP contribution in [0.2, 0.25) is 0 Å². The van der Waals surface area contributed by atoms with Crippen LogP contribution in [0.5, 0.6) is 0 Å². The monoisotopic (exact) mass is 466 g/mol. The lowest BCUT2D eigenvalue weighted by Crippen LogP contribution is -2.46. The molecule has 2 aliphatic carbocycles. The van der Waals surface area contributed by atoms with Crippen LogP contribution >= 0.6 is 0 Å². The molecule has 0 aromatic carbocycles. The fourth-order valence-electron chi connectivity index (χ4n) is 5.20. The third-order valence-electron chi connectivity index (χ3n) is 7.09. The molecule has 0 spiro atoms. The fourth-order valence-corrected chi connectivity index (χ4v) is 6.52. The molecule has 1 aliphatic heterocycles. The maximum atomic E-state index is 12.9. The summed E-state index contributed by atoms with van der Waals surface area (Å²) in [5.41, 5.74) is 4.64. The van der Waals surface area contributed by atoms with Gasteiger partial charge in [0.15, 0.2) is 0 Å². The zero-order valence-corrected chi connectivity index (χ0v) is 20.2. The molecule has 1 saturated heterocycles. The van der Waals surface area contributed by atoms with Crippen molar-refractivity contribution in [3.63, 3.8) is 0 Å². The topological polar surface area (TPSA) is 93.8 Å². The summed E-state index contributed by atoms with van der Waals surface area (Å²) in [5.74, 6) is 2.10. The van der Waals surface area contributed by atoms with Crippen LogP contribution in [0.25, 0.3) is 11.4 Å². The molecule has 3 atom stereocenters. The Bertz CT molecular complexity index is 1230. The average molecular weight is 467 g/mol. The summed E-state index contributed by atoms with van der Waals surface area (Å²) in [6.07, 6.45) is 10.8. The van der Waals surface area contributed by atoms with Gasteiger partial charge in [0.25, 0.3) is 0 Å². The number of anilines is 1. The summed E-state index contributed by atoms with van der Waals surface area (Å²) in [4.78, 5) is 15.3. The molecule has 174 valence electrons. The summed E-state index contributed by atoms with van der Waals surface area (Å²) in [6.45, 7) is 5.82. The number of hydrogen-bond donors (Lipinski definition) is 1. The Balaban J connectivity index is 1.20. The van der Waals surface area contributed by atoms with E-state index in [0.29, 0.717) is 17.9 Å². The van der Waals surface area contributed by atoms with Crippen LogP contribution in [0.3, 0.4) is 0 Å². The van der Waals surface area contributed by atoms with Gasteiger partial charge in [0, 0.05) is 44.6 Å². The Morgan fingerprint density at radius 3 is 2.73 bits per heavy atom. The number of nitrogens with one attached hydrogen (secondary N) is 1. The molecule has 9 nitrogen and oxygen atoms in total. The molecule has 33 heavy (non-hydrogen) atoms. The third-order valence-corrected chi connectivity index (χ3v) is 8.51. The van der Waals surface area contributed by atoms with Crippen molar-refractivity contribution in [2.45, 2.75) is 62.9 Å². The molecule has 1 saturated carbocycles. The lowest BCUT2D eigenvalue weighted by atomic mass is 9.95. The van der Waals surface area contributed by atoms with E-state index in [4.69, 9.17) is 9.97 Å². The minimum Gasteiger partial charge on any atom is -0.351 e. The molecule has 2 fully saturated rings. The van der Waals surface area contributed by atoms with Crippen LogP contribution in [0, 0.1) is 12.8 Å². The summed E-state index contributed by atoms with van der Waals surface area (Å²) < 4.78 is 19.1. The van der Waals surface area contributed by atoms with Gasteiger partial charge >= 0.3 is 0 Å². The van der Waals surface area contributed by atoms with Crippen LogP contribution in [-0.4, -0.2) is 56.9 Å². The zero-order valence-electron chi connectivity index (χ0n) is 19.4. The van der Waals surface area contributed by atoms with Crippen LogP contribution in [0.15, 0.2) is 23.5 Å². The Kier molecular flexibility index (Phi) is 5.10. The molecule has 10 heteroatoms. The van der Waals surface area contributed by atoms with Gasteiger partial charge < -0.3 is 9.88 Å². The predicted molar refractivity (Wildman–Crippen MR) is 126 cm³/mol. The van der Waals surface area contributed by atoms with Crippen LogP contribution < -0.4 is 5.32 Å². The smallest absolute Gasteiger partial charge is 0.223 e. The molecule has 0 bridgehead atoms. The number of piperidine rings is 1. The van der Waals surface area contributed by atoms with Crippen LogP contribution in [-0.2, 0) is 30.9 Å². The van der Waals surface area contributed by atoms with Gasteiger partial charge in [-0.2, -0.15) is 5.10 Å². The Labute approximate surface area is 196 Å². The van der Waals surface area contributed by atoms with E-state index in [1.165, 1.54) is 29.8 Å². The van der Waals surface area contributed by atoms with Crippen molar-refractivity contribution in [1.82, 2.24) is 33.6 Å². The number of nitrogens with zero attached hydrogens (tertiary/aromatic N) is 7.